The summed E-state index contributed by atoms with van der Waals surface area (Å²) < 4.78 is 5.26. The van der Waals surface area contributed by atoms with Crippen LogP contribution >= 0.6 is 12.4 Å². The fourth-order valence-electron chi connectivity index (χ4n) is 3.54. The number of carbonyl (C=O) groups excluding carboxylic acids is 2. The summed E-state index contributed by atoms with van der Waals surface area (Å²) in [6.45, 7) is 7.87. The zero-order valence-corrected chi connectivity index (χ0v) is 17.4. The molecule has 1 aliphatic rings. The molecule has 152 valence electrons. The number of hydrogen-bond acceptors (Lipinski definition) is 4. The summed E-state index contributed by atoms with van der Waals surface area (Å²) in [6, 6.07) is 9.27. The molecule has 1 saturated heterocycles. The van der Waals surface area contributed by atoms with Gasteiger partial charge in [-0.1, -0.05) is 37.3 Å². The molecule has 2 unspecified atom stereocenters. The first-order valence-electron chi connectivity index (χ1n) is 9.70. The van der Waals surface area contributed by atoms with E-state index in [4.69, 9.17) is 4.74 Å². The van der Waals surface area contributed by atoms with Crippen LogP contribution in [-0.2, 0) is 14.3 Å². The van der Waals surface area contributed by atoms with Gasteiger partial charge in [0.05, 0.1) is 18.6 Å². The standard InChI is InChI=1S/C21H32N2O3.ClH/c1-15(2)26-21(25)14-19(18-7-5-4-6-8-18)23-20(24)13-16(3)17-9-11-22-12-10-17;/h4-8,15-17,19,22H,9-14H2,1-3H3,(H,23,24);1H. The highest BCUT2D eigenvalue weighted by molar-refractivity contribution is 5.85. The maximum Gasteiger partial charge on any atom is 0.308 e. The van der Waals surface area contributed by atoms with Crippen molar-refractivity contribution in [1.29, 1.82) is 0 Å². The Kier molecular flexibility index (Phi) is 10.4. The van der Waals surface area contributed by atoms with Crippen molar-refractivity contribution in [3.8, 4) is 0 Å². The number of amides is 1. The van der Waals surface area contributed by atoms with Crippen LogP contribution in [0, 0.1) is 11.8 Å². The Morgan fingerprint density at radius 1 is 1.11 bits per heavy atom. The molecule has 1 fully saturated rings. The Labute approximate surface area is 169 Å². The lowest BCUT2D eigenvalue weighted by Crippen LogP contribution is -2.35. The van der Waals surface area contributed by atoms with Gasteiger partial charge in [-0.2, -0.15) is 0 Å². The largest absolute Gasteiger partial charge is 0.463 e. The second-order valence-electron chi connectivity index (χ2n) is 7.54. The molecule has 0 radical (unpaired) electrons. The first kappa shape index (κ1) is 23.4. The minimum absolute atomic E-state index is 0. The summed E-state index contributed by atoms with van der Waals surface area (Å²) in [6.07, 6.45) is 2.73. The first-order chi connectivity index (χ1) is 12.5. The second kappa shape index (κ2) is 12.0. The average Bonchev–Trinajstić information content (AvgIpc) is 2.62. The number of carbonyl (C=O) groups is 2. The second-order valence-corrected chi connectivity index (χ2v) is 7.54. The summed E-state index contributed by atoms with van der Waals surface area (Å²) in [4.78, 5) is 24.7. The van der Waals surface area contributed by atoms with Gasteiger partial charge in [0.25, 0.3) is 0 Å². The van der Waals surface area contributed by atoms with Gasteiger partial charge in [-0.25, -0.2) is 0 Å². The van der Waals surface area contributed by atoms with Crippen molar-refractivity contribution in [2.75, 3.05) is 13.1 Å². The maximum absolute atomic E-state index is 12.6. The van der Waals surface area contributed by atoms with E-state index >= 15 is 0 Å². The molecule has 0 aliphatic carbocycles. The number of hydrogen-bond donors (Lipinski definition) is 2. The molecule has 0 aromatic heterocycles. The third-order valence-electron chi connectivity index (χ3n) is 4.97. The Bertz CT molecular complexity index is 574. The van der Waals surface area contributed by atoms with Gasteiger partial charge in [0, 0.05) is 6.42 Å². The van der Waals surface area contributed by atoms with Crippen molar-refractivity contribution in [1.82, 2.24) is 10.6 Å². The Balaban J connectivity index is 0.00000364. The van der Waals surface area contributed by atoms with E-state index in [0.29, 0.717) is 18.3 Å². The van der Waals surface area contributed by atoms with Gasteiger partial charge >= 0.3 is 5.97 Å². The molecule has 27 heavy (non-hydrogen) atoms. The van der Waals surface area contributed by atoms with E-state index < -0.39 is 0 Å². The van der Waals surface area contributed by atoms with Gasteiger partial charge in [0.1, 0.15) is 0 Å². The molecule has 0 saturated carbocycles. The van der Waals surface area contributed by atoms with Gasteiger partial charge in [-0.15, -0.1) is 12.4 Å². The van der Waals surface area contributed by atoms with Crippen molar-refractivity contribution < 1.29 is 14.3 Å². The molecular formula is C21H33ClN2O3. The zero-order valence-electron chi connectivity index (χ0n) is 16.6. The molecule has 2 atom stereocenters. The van der Waals surface area contributed by atoms with E-state index in [-0.39, 0.29) is 42.9 Å². The number of halogens is 1. The van der Waals surface area contributed by atoms with Crippen LogP contribution < -0.4 is 10.6 Å². The number of ether oxygens (including phenoxy) is 1. The van der Waals surface area contributed by atoms with Gasteiger partial charge in [-0.05, 0) is 57.2 Å². The predicted molar refractivity (Wildman–Crippen MR) is 110 cm³/mol. The molecule has 1 aliphatic heterocycles. The van der Waals surface area contributed by atoms with Crippen LogP contribution in [0.15, 0.2) is 30.3 Å². The van der Waals surface area contributed by atoms with Crippen LogP contribution in [0.3, 0.4) is 0 Å². The summed E-state index contributed by atoms with van der Waals surface area (Å²) in [5.41, 5.74) is 0.927. The van der Waals surface area contributed by atoms with Crippen LogP contribution in [-0.4, -0.2) is 31.1 Å². The van der Waals surface area contributed by atoms with E-state index in [1.165, 1.54) is 0 Å². The topological polar surface area (TPSA) is 67.4 Å². The molecule has 1 heterocycles. The molecule has 5 nitrogen and oxygen atoms in total. The SMILES string of the molecule is CC(C)OC(=O)CC(NC(=O)CC(C)C1CCNCC1)c1ccccc1.Cl. The van der Waals surface area contributed by atoms with Gasteiger partial charge in [0.15, 0.2) is 0 Å². The molecule has 1 aromatic carbocycles. The van der Waals surface area contributed by atoms with E-state index in [1.807, 2.05) is 44.2 Å². The highest BCUT2D eigenvalue weighted by atomic mass is 35.5. The number of esters is 1. The Morgan fingerprint density at radius 2 is 1.74 bits per heavy atom. The third kappa shape index (κ3) is 8.31. The van der Waals surface area contributed by atoms with Crippen LogP contribution in [0.1, 0.15) is 58.1 Å². The smallest absolute Gasteiger partial charge is 0.308 e. The highest BCUT2D eigenvalue weighted by Gasteiger charge is 2.24. The molecule has 0 bridgehead atoms. The Hall–Kier alpha value is -1.59. The minimum atomic E-state index is -0.352. The van der Waals surface area contributed by atoms with E-state index in [9.17, 15) is 9.59 Å². The lowest BCUT2D eigenvalue weighted by molar-refractivity contribution is -0.148. The molecule has 0 spiro atoms. The molecule has 2 rings (SSSR count). The normalized spacial score (nSPS) is 16.9. The molecule has 2 N–H and O–H groups in total. The monoisotopic (exact) mass is 396 g/mol. The lowest BCUT2D eigenvalue weighted by atomic mass is 9.84. The number of rotatable bonds is 8. The van der Waals surface area contributed by atoms with E-state index in [0.717, 1.165) is 31.5 Å². The summed E-state index contributed by atoms with van der Waals surface area (Å²) >= 11 is 0. The summed E-state index contributed by atoms with van der Waals surface area (Å²) in [5, 5.41) is 6.41. The maximum atomic E-state index is 12.6. The predicted octanol–water partition coefficient (Wildman–Crippen LogP) is 3.63. The van der Waals surface area contributed by atoms with Crippen molar-refractivity contribution in [3.05, 3.63) is 35.9 Å². The van der Waals surface area contributed by atoms with Crippen LogP contribution in [0.5, 0.6) is 0 Å². The van der Waals surface area contributed by atoms with Crippen LogP contribution in [0.4, 0.5) is 0 Å². The van der Waals surface area contributed by atoms with Crippen LogP contribution in [0.2, 0.25) is 0 Å². The third-order valence-corrected chi connectivity index (χ3v) is 4.97. The van der Waals surface area contributed by atoms with E-state index in [2.05, 4.69) is 17.6 Å². The van der Waals surface area contributed by atoms with Crippen molar-refractivity contribution in [2.45, 2.75) is 58.6 Å². The van der Waals surface area contributed by atoms with Crippen molar-refractivity contribution >= 4 is 24.3 Å². The fourth-order valence-corrected chi connectivity index (χ4v) is 3.54. The summed E-state index contributed by atoms with van der Waals surface area (Å²) in [7, 11) is 0. The van der Waals surface area contributed by atoms with Crippen molar-refractivity contribution in [3.63, 3.8) is 0 Å². The Morgan fingerprint density at radius 3 is 2.33 bits per heavy atom. The lowest BCUT2D eigenvalue weighted by Gasteiger charge is -2.28. The highest BCUT2D eigenvalue weighted by Crippen LogP contribution is 2.25. The number of benzene rings is 1. The van der Waals surface area contributed by atoms with Gasteiger partial charge in [-0.3, -0.25) is 9.59 Å². The van der Waals surface area contributed by atoms with Gasteiger partial charge in [0.2, 0.25) is 5.91 Å². The molecule has 1 amide bonds. The first-order valence-corrected chi connectivity index (χ1v) is 9.70. The molecule has 6 heteroatoms. The van der Waals surface area contributed by atoms with E-state index in [1.54, 1.807) is 0 Å². The average molecular weight is 397 g/mol. The van der Waals surface area contributed by atoms with Crippen molar-refractivity contribution in [2.24, 2.45) is 11.8 Å². The number of nitrogens with one attached hydrogen (secondary N) is 2. The minimum Gasteiger partial charge on any atom is -0.463 e. The molecular weight excluding hydrogens is 364 g/mol. The fraction of sp³-hybridized carbons (Fsp3) is 0.619. The summed E-state index contributed by atoms with van der Waals surface area (Å²) in [5.74, 6) is 0.641. The number of piperidine rings is 1. The van der Waals surface area contributed by atoms with Crippen LogP contribution in [0.25, 0.3) is 0 Å². The quantitative estimate of drug-likeness (QED) is 0.658. The van der Waals surface area contributed by atoms with Gasteiger partial charge < -0.3 is 15.4 Å². The molecule has 1 aromatic rings. The zero-order chi connectivity index (χ0) is 18.9.